The topological polar surface area (TPSA) is 23.5 Å². The summed E-state index contributed by atoms with van der Waals surface area (Å²) < 4.78 is 0. The Labute approximate surface area is 97.9 Å². The van der Waals surface area contributed by atoms with Crippen molar-refractivity contribution in [2.75, 3.05) is 24.6 Å². The third-order valence-corrected chi connectivity index (χ3v) is 3.39. The van der Waals surface area contributed by atoms with Crippen LogP contribution in [0.5, 0.6) is 0 Å². The van der Waals surface area contributed by atoms with Crippen LogP contribution in [0.15, 0.2) is 24.3 Å². The summed E-state index contributed by atoms with van der Waals surface area (Å²) in [5, 5.41) is 9.05. The molecule has 0 spiro atoms. The van der Waals surface area contributed by atoms with E-state index >= 15 is 0 Å². The molecule has 0 saturated heterocycles. The summed E-state index contributed by atoms with van der Waals surface area (Å²) in [6.45, 7) is 6.88. The van der Waals surface area contributed by atoms with Gasteiger partial charge in [0.1, 0.15) is 0 Å². The number of para-hydroxylation sites is 1. The van der Waals surface area contributed by atoms with E-state index in [1.807, 2.05) is 0 Å². The SMILES string of the molecule is CC(C)(CCO)CN1CCc2ccccc21. The van der Waals surface area contributed by atoms with E-state index in [0.29, 0.717) is 0 Å². The average Bonchev–Trinajstić information content (AvgIpc) is 2.61. The molecule has 0 atom stereocenters. The predicted molar refractivity (Wildman–Crippen MR) is 67.8 cm³/mol. The Bertz CT molecular complexity index is 360. The largest absolute Gasteiger partial charge is 0.396 e. The molecule has 1 aromatic rings. The lowest BCUT2D eigenvalue weighted by molar-refractivity contribution is 0.214. The van der Waals surface area contributed by atoms with Gasteiger partial charge in [0.25, 0.3) is 0 Å². The Morgan fingerprint density at radius 3 is 2.81 bits per heavy atom. The molecule has 1 aliphatic heterocycles. The lowest BCUT2D eigenvalue weighted by Gasteiger charge is -2.31. The van der Waals surface area contributed by atoms with Crippen molar-refractivity contribution in [3.8, 4) is 0 Å². The molecular formula is C14H21NO. The molecule has 0 aliphatic carbocycles. The molecule has 1 aromatic carbocycles. The minimum atomic E-state index is 0.187. The van der Waals surface area contributed by atoms with Gasteiger partial charge in [0.15, 0.2) is 0 Å². The molecule has 0 saturated carbocycles. The highest BCUT2D eigenvalue weighted by atomic mass is 16.3. The zero-order valence-electron chi connectivity index (χ0n) is 10.2. The summed E-state index contributed by atoms with van der Waals surface area (Å²) in [5.41, 5.74) is 3.03. The molecule has 0 unspecified atom stereocenters. The van der Waals surface area contributed by atoms with Gasteiger partial charge in [0.2, 0.25) is 0 Å². The standard InChI is InChI=1S/C14H21NO/c1-14(2,8-10-16)11-15-9-7-12-5-3-4-6-13(12)15/h3-6,16H,7-11H2,1-2H3. The van der Waals surface area contributed by atoms with Crippen molar-refractivity contribution in [1.29, 1.82) is 0 Å². The van der Waals surface area contributed by atoms with Crippen molar-refractivity contribution in [3.63, 3.8) is 0 Å². The molecule has 0 bridgehead atoms. The Morgan fingerprint density at radius 2 is 2.06 bits per heavy atom. The van der Waals surface area contributed by atoms with Crippen molar-refractivity contribution in [2.45, 2.75) is 26.7 Å². The van der Waals surface area contributed by atoms with Crippen LogP contribution in [-0.2, 0) is 6.42 Å². The number of aliphatic hydroxyl groups is 1. The lowest BCUT2D eigenvalue weighted by Crippen LogP contribution is -2.33. The van der Waals surface area contributed by atoms with Crippen molar-refractivity contribution in [2.24, 2.45) is 5.41 Å². The van der Waals surface area contributed by atoms with Gasteiger partial charge in [-0.3, -0.25) is 0 Å². The first-order valence-corrected chi connectivity index (χ1v) is 6.06. The lowest BCUT2D eigenvalue weighted by atomic mass is 9.89. The zero-order valence-corrected chi connectivity index (χ0v) is 10.2. The summed E-state index contributed by atoms with van der Waals surface area (Å²) in [5.74, 6) is 0. The predicted octanol–water partition coefficient (Wildman–Crippen LogP) is 2.46. The average molecular weight is 219 g/mol. The van der Waals surface area contributed by atoms with Gasteiger partial charge in [-0.2, -0.15) is 0 Å². The normalized spacial score (nSPS) is 15.3. The summed E-state index contributed by atoms with van der Waals surface area (Å²) in [7, 11) is 0. The van der Waals surface area contributed by atoms with E-state index in [1.54, 1.807) is 0 Å². The highest BCUT2D eigenvalue weighted by molar-refractivity contribution is 5.57. The smallest absolute Gasteiger partial charge is 0.0436 e. The number of rotatable bonds is 4. The first-order valence-electron chi connectivity index (χ1n) is 6.06. The number of anilines is 1. The Kier molecular flexibility index (Phi) is 3.20. The van der Waals surface area contributed by atoms with Crippen molar-refractivity contribution < 1.29 is 5.11 Å². The van der Waals surface area contributed by atoms with E-state index in [0.717, 1.165) is 25.9 Å². The molecule has 0 amide bonds. The molecule has 0 fully saturated rings. The molecule has 1 aliphatic rings. The molecule has 88 valence electrons. The Balaban J connectivity index is 2.08. The van der Waals surface area contributed by atoms with Crippen LogP contribution in [0.4, 0.5) is 5.69 Å². The monoisotopic (exact) mass is 219 g/mol. The number of hydrogen-bond acceptors (Lipinski definition) is 2. The molecule has 2 nitrogen and oxygen atoms in total. The van der Waals surface area contributed by atoms with Gasteiger partial charge in [-0.15, -0.1) is 0 Å². The summed E-state index contributed by atoms with van der Waals surface area (Å²) in [4.78, 5) is 2.45. The van der Waals surface area contributed by atoms with Crippen LogP contribution in [-0.4, -0.2) is 24.8 Å². The van der Waals surface area contributed by atoms with Crippen LogP contribution in [0.3, 0.4) is 0 Å². The molecule has 1 heterocycles. The maximum absolute atomic E-state index is 9.05. The second-order valence-electron chi connectivity index (χ2n) is 5.44. The molecule has 2 rings (SSSR count). The van der Waals surface area contributed by atoms with E-state index in [-0.39, 0.29) is 12.0 Å². The summed E-state index contributed by atoms with van der Waals surface area (Å²) in [6.07, 6.45) is 2.02. The molecule has 1 N–H and O–H groups in total. The first-order chi connectivity index (χ1) is 7.62. The second-order valence-corrected chi connectivity index (χ2v) is 5.44. The van der Waals surface area contributed by atoms with Gasteiger partial charge in [0.05, 0.1) is 0 Å². The molecule has 0 radical (unpaired) electrons. The maximum atomic E-state index is 9.05. The van der Waals surface area contributed by atoms with Crippen molar-refractivity contribution in [1.82, 2.24) is 0 Å². The van der Waals surface area contributed by atoms with Gasteiger partial charge >= 0.3 is 0 Å². The summed E-state index contributed by atoms with van der Waals surface area (Å²) in [6, 6.07) is 8.64. The van der Waals surface area contributed by atoms with Crippen LogP contribution in [0, 0.1) is 5.41 Å². The van der Waals surface area contributed by atoms with Gasteiger partial charge in [-0.1, -0.05) is 32.0 Å². The van der Waals surface area contributed by atoms with Gasteiger partial charge < -0.3 is 10.0 Å². The second kappa shape index (κ2) is 4.46. The first kappa shape index (κ1) is 11.5. The van der Waals surface area contributed by atoms with Gasteiger partial charge in [-0.05, 0) is 29.9 Å². The molecular weight excluding hydrogens is 198 g/mol. The quantitative estimate of drug-likeness (QED) is 0.841. The minimum absolute atomic E-state index is 0.187. The van der Waals surface area contributed by atoms with E-state index in [2.05, 4.69) is 43.0 Å². The van der Waals surface area contributed by atoms with E-state index < -0.39 is 0 Å². The van der Waals surface area contributed by atoms with Gasteiger partial charge in [0, 0.05) is 25.4 Å². The van der Waals surface area contributed by atoms with E-state index in [4.69, 9.17) is 5.11 Å². The summed E-state index contributed by atoms with van der Waals surface area (Å²) >= 11 is 0. The van der Waals surface area contributed by atoms with Crippen LogP contribution in [0.1, 0.15) is 25.8 Å². The van der Waals surface area contributed by atoms with Crippen molar-refractivity contribution in [3.05, 3.63) is 29.8 Å². The number of nitrogens with zero attached hydrogens (tertiary/aromatic N) is 1. The number of benzene rings is 1. The Morgan fingerprint density at radius 1 is 1.31 bits per heavy atom. The fraction of sp³-hybridized carbons (Fsp3) is 0.571. The van der Waals surface area contributed by atoms with Crippen LogP contribution < -0.4 is 4.90 Å². The third kappa shape index (κ3) is 2.38. The maximum Gasteiger partial charge on any atom is 0.0436 e. The fourth-order valence-corrected chi connectivity index (χ4v) is 2.47. The minimum Gasteiger partial charge on any atom is -0.396 e. The highest BCUT2D eigenvalue weighted by Gasteiger charge is 2.25. The van der Waals surface area contributed by atoms with Crippen LogP contribution in [0.2, 0.25) is 0 Å². The van der Waals surface area contributed by atoms with Gasteiger partial charge in [-0.25, -0.2) is 0 Å². The Hall–Kier alpha value is -1.02. The fourth-order valence-electron chi connectivity index (χ4n) is 2.47. The highest BCUT2D eigenvalue weighted by Crippen LogP contribution is 2.31. The molecule has 0 aromatic heterocycles. The van der Waals surface area contributed by atoms with Crippen LogP contribution in [0.25, 0.3) is 0 Å². The number of fused-ring (bicyclic) bond motifs is 1. The molecule has 16 heavy (non-hydrogen) atoms. The zero-order chi connectivity index (χ0) is 11.6. The van der Waals surface area contributed by atoms with Crippen LogP contribution >= 0.6 is 0 Å². The third-order valence-electron chi connectivity index (χ3n) is 3.39. The number of aliphatic hydroxyl groups excluding tert-OH is 1. The molecule has 2 heteroatoms. The van der Waals surface area contributed by atoms with E-state index in [1.165, 1.54) is 11.3 Å². The van der Waals surface area contributed by atoms with Crippen molar-refractivity contribution >= 4 is 5.69 Å². The van der Waals surface area contributed by atoms with E-state index in [9.17, 15) is 0 Å². The number of hydrogen-bond donors (Lipinski definition) is 1.